The fraction of sp³-hybridized carbons (Fsp3) is 0.158. The Morgan fingerprint density at radius 3 is 2.92 bits per heavy atom. The smallest absolute Gasteiger partial charge is 0.125 e. The van der Waals surface area contributed by atoms with Gasteiger partial charge in [0, 0.05) is 22.7 Å². The molecule has 4 rings (SSSR count). The molecule has 4 aromatic rings. The van der Waals surface area contributed by atoms with Gasteiger partial charge in [0.2, 0.25) is 0 Å². The highest BCUT2D eigenvalue weighted by Crippen LogP contribution is 2.38. The van der Waals surface area contributed by atoms with Gasteiger partial charge in [0.1, 0.15) is 10.8 Å². The van der Waals surface area contributed by atoms with E-state index in [-0.39, 0.29) is 0 Å². The highest BCUT2D eigenvalue weighted by molar-refractivity contribution is 7.18. The molecule has 0 radical (unpaired) electrons. The zero-order valence-electron chi connectivity index (χ0n) is 13.8. The zero-order valence-corrected chi connectivity index (χ0v) is 14.6. The van der Waals surface area contributed by atoms with E-state index in [0.29, 0.717) is 5.56 Å². The van der Waals surface area contributed by atoms with E-state index in [1.165, 1.54) is 0 Å². The molecule has 0 fully saturated rings. The summed E-state index contributed by atoms with van der Waals surface area (Å²) in [5.41, 5.74) is 11.1. The number of aromatic nitrogens is 2. The van der Waals surface area contributed by atoms with Gasteiger partial charge >= 0.3 is 0 Å². The average Bonchev–Trinajstić information content (AvgIpc) is 3.27. The van der Waals surface area contributed by atoms with Crippen molar-refractivity contribution in [2.75, 3.05) is 7.11 Å². The molecule has 0 saturated heterocycles. The Labute approximate surface area is 148 Å². The van der Waals surface area contributed by atoms with E-state index in [2.05, 4.69) is 16.0 Å². The van der Waals surface area contributed by atoms with Crippen LogP contribution in [0, 0.1) is 18.3 Å². The lowest BCUT2D eigenvalue weighted by molar-refractivity contribution is 0.408. The molecule has 0 aliphatic carbocycles. The third kappa shape index (κ3) is 2.45. The maximum atomic E-state index is 9.06. The van der Waals surface area contributed by atoms with Gasteiger partial charge in [0.15, 0.2) is 0 Å². The van der Waals surface area contributed by atoms with Gasteiger partial charge in [-0.1, -0.05) is 0 Å². The van der Waals surface area contributed by atoms with Crippen molar-refractivity contribution in [3.63, 3.8) is 0 Å². The van der Waals surface area contributed by atoms with Crippen LogP contribution < -0.4 is 10.5 Å². The normalized spacial score (nSPS) is 12.4. The van der Waals surface area contributed by atoms with Crippen LogP contribution in [0.5, 0.6) is 5.75 Å². The molecule has 124 valence electrons. The molecule has 0 aliphatic rings. The summed E-state index contributed by atoms with van der Waals surface area (Å²) >= 11 is 1.54. The summed E-state index contributed by atoms with van der Waals surface area (Å²) in [5.74, 6) is 0.758. The zero-order chi connectivity index (χ0) is 17.6. The van der Waals surface area contributed by atoms with E-state index in [4.69, 9.17) is 15.7 Å². The van der Waals surface area contributed by atoms with Crippen molar-refractivity contribution in [1.29, 1.82) is 5.26 Å². The summed E-state index contributed by atoms with van der Waals surface area (Å²) in [6.07, 6.45) is 1.91. The monoisotopic (exact) mass is 348 g/mol. The predicted molar refractivity (Wildman–Crippen MR) is 100.0 cm³/mol. The molecular formula is C19H16N4OS. The summed E-state index contributed by atoms with van der Waals surface area (Å²) in [5, 5.41) is 10.9. The van der Waals surface area contributed by atoms with Crippen molar-refractivity contribution in [1.82, 2.24) is 9.97 Å². The van der Waals surface area contributed by atoms with Gasteiger partial charge in [-0.05, 0) is 42.8 Å². The number of nitrogens with one attached hydrogen (secondary N) is 1. The fourth-order valence-corrected chi connectivity index (χ4v) is 4.12. The minimum absolute atomic E-state index is 0.406. The molecule has 2 heterocycles. The standard InChI is InChI=1S/C19H16N4OS/c1-10-7-14(24-2)16(12-5-6-22-18(10)12)17(21)19-23-13-8-11(9-20)3-4-15(13)25-19/h3-8,17,22H,21H2,1-2H3. The number of ether oxygens (including phenoxy) is 1. The molecule has 0 spiro atoms. The highest BCUT2D eigenvalue weighted by atomic mass is 32.1. The summed E-state index contributed by atoms with van der Waals surface area (Å²) in [6, 6.07) is 11.3. The Bertz CT molecular complexity index is 1140. The molecule has 1 atom stereocenters. The van der Waals surface area contributed by atoms with Gasteiger partial charge in [0.05, 0.1) is 35.0 Å². The molecular weight excluding hydrogens is 332 g/mol. The maximum absolute atomic E-state index is 9.06. The van der Waals surface area contributed by atoms with Gasteiger partial charge in [-0.2, -0.15) is 5.26 Å². The third-order valence-corrected chi connectivity index (χ3v) is 5.49. The molecule has 1 unspecified atom stereocenters. The number of hydrogen-bond donors (Lipinski definition) is 2. The number of methoxy groups -OCH3 is 1. The van der Waals surface area contributed by atoms with Gasteiger partial charge < -0.3 is 15.5 Å². The van der Waals surface area contributed by atoms with Gasteiger partial charge in [-0.15, -0.1) is 11.3 Å². The lowest BCUT2D eigenvalue weighted by Crippen LogP contribution is -2.13. The first-order chi connectivity index (χ1) is 12.1. The first-order valence-corrected chi connectivity index (χ1v) is 8.64. The summed E-state index contributed by atoms with van der Waals surface area (Å²) < 4.78 is 6.61. The van der Waals surface area contributed by atoms with Crippen molar-refractivity contribution in [2.45, 2.75) is 13.0 Å². The maximum Gasteiger partial charge on any atom is 0.125 e. The minimum atomic E-state index is -0.406. The molecule has 6 heteroatoms. The molecule has 0 amide bonds. The van der Waals surface area contributed by atoms with Crippen molar-refractivity contribution in [2.24, 2.45) is 5.73 Å². The van der Waals surface area contributed by atoms with Crippen LogP contribution >= 0.6 is 11.3 Å². The summed E-state index contributed by atoms with van der Waals surface area (Å²) in [4.78, 5) is 7.93. The Morgan fingerprint density at radius 1 is 1.32 bits per heavy atom. The van der Waals surface area contributed by atoms with Crippen molar-refractivity contribution < 1.29 is 4.74 Å². The lowest BCUT2D eigenvalue weighted by Gasteiger charge is -2.16. The quantitative estimate of drug-likeness (QED) is 0.585. The number of nitrogens with two attached hydrogens (primary N) is 1. The number of hydrogen-bond acceptors (Lipinski definition) is 5. The van der Waals surface area contributed by atoms with E-state index in [9.17, 15) is 0 Å². The molecule has 0 aliphatic heterocycles. The van der Waals surface area contributed by atoms with Crippen LogP contribution in [0.15, 0.2) is 36.5 Å². The molecule has 2 aromatic heterocycles. The molecule has 2 aromatic carbocycles. The van der Waals surface area contributed by atoms with Gasteiger partial charge in [-0.25, -0.2) is 4.98 Å². The Morgan fingerprint density at radius 2 is 2.16 bits per heavy atom. The highest BCUT2D eigenvalue weighted by Gasteiger charge is 2.22. The SMILES string of the molecule is COc1cc(C)c2[nH]ccc2c1C(N)c1nc2cc(C#N)ccc2s1. The second-order valence-electron chi connectivity index (χ2n) is 5.90. The van der Waals surface area contributed by atoms with Crippen molar-refractivity contribution >= 4 is 32.5 Å². The van der Waals surface area contributed by atoms with Crippen LogP contribution in [0.3, 0.4) is 0 Å². The van der Waals surface area contributed by atoms with E-state index >= 15 is 0 Å². The summed E-state index contributed by atoms with van der Waals surface area (Å²) in [6.45, 7) is 2.04. The first kappa shape index (κ1) is 15.6. The number of fused-ring (bicyclic) bond motifs is 2. The summed E-state index contributed by atoms with van der Waals surface area (Å²) in [7, 11) is 1.65. The number of nitriles is 1. The van der Waals surface area contributed by atoms with E-state index in [0.717, 1.165) is 43.0 Å². The minimum Gasteiger partial charge on any atom is -0.496 e. The predicted octanol–water partition coefficient (Wildman–Crippen LogP) is 4.01. The lowest BCUT2D eigenvalue weighted by atomic mass is 9.99. The third-order valence-electron chi connectivity index (χ3n) is 4.37. The van der Waals surface area contributed by atoms with Gasteiger partial charge in [0.25, 0.3) is 0 Å². The first-order valence-electron chi connectivity index (χ1n) is 7.83. The van der Waals surface area contributed by atoms with Crippen LogP contribution in [0.2, 0.25) is 0 Å². The number of rotatable bonds is 3. The molecule has 3 N–H and O–H groups in total. The Balaban J connectivity index is 1.90. The van der Waals surface area contributed by atoms with Crippen LogP contribution in [-0.4, -0.2) is 17.1 Å². The van der Waals surface area contributed by atoms with Crippen LogP contribution in [0.25, 0.3) is 21.1 Å². The van der Waals surface area contributed by atoms with Gasteiger partial charge in [-0.3, -0.25) is 0 Å². The van der Waals surface area contributed by atoms with E-state index < -0.39 is 6.04 Å². The Kier molecular flexibility index (Phi) is 3.68. The fourth-order valence-electron chi connectivity index (χ4n) is 3.16. The van der Waals surface area contributed by atoms with E-state index in [1.54, 1.807) is 30.6 Å². The van der Waals surface area contributed by atoms with Crippen LogP contribution in [0.1, 0.15) is 27.7 Å². The number of benzene rings is 2. The van der Waals surface area contributed by atoms with E-state index in [1.807, 2.05) is 31.3 Å². The van der Waals surface area contributed by atoms with Crippen LogP contribution in [0.4, 0.5) is 0 Å². The Hall–Kier alpha value is -2.88. The number of aromatic amines is 1. The second-order valence-corrected chi connectivity index (χ2v) is 6.96. The molecule has 0 saturated carbocycles. The molecule has 25 heavy (non-hydrogen) atoms. The number of nitrogens with zero attached hydrogens (tertiary/aromatic N) is 2. The van der Waals surface area contributed by atoms with Crippen molar-refractivity contribution in [3.8, 4) is 11.8 Å². The average molecular weight is 348 g/mol. The number of thiazole rings is 1. The van der Waals surface area contributed by atoms with Crippen LogP contribution in [-0.2, 0) is 0 Å². The number of H-pyrrole nitrogens is 1. The topological polar surface area (TPSA) is 87.7 Å². The van der Waals surface area contributed by atoms with Crippen molar-refractivity contribution in [3.05, 3.63) is 58.2 Å². The second kappa shape index (κ2) is 5.88. The number of aryl methyl sites for hydroxylation is 1. The molecule has 5 nitrogen and oxygen atoms in total. The molecule has 0 bridgehead atoms. The largest absolute Gasteiger partial charge is 0.496 e.